The van der Waals surface area contributed by atoms with Gasteiger partial charge in [0.05, 0.1) is 9.13 Å². The third kappa shape index (κ3) is 5.18. The van der Waals surface area contributed by atoms with E-state index >= 15 is 0 Å². The summed E-state index contributed by atoms with van der Waals surface area (Å²) < 4.78 is 6.37. The highest BCUT2D eigenvalue weighted by Gasteiger charge is 2.19. The standard InChI is InChI=1S/C15H20INO4/c1-4-11(5-2)17-14(18)9(3)21-13-8-10(15(19)20)6-7-12(13)16/h6-9,11H,4-5H2,1-3H3,(H,17,18)(H,19,20). The zero-order valence-electron chi connectivity index (χ0n) is 12.4. The maximum absolute atomic E-state index is 12.1. The molecular weight excluding hydrogens is 385 g/mol. The quantitative estimate of drug-likeness (QED) is 0.684. The smallest absolute Gasteiger partial charge is 0.335 e. The highest BCUT2D eigenvalue weighted by Crippen LogP contribution is 2.23. The average Bonchev–Trinajstić information content (AvgIpc) is 2.46. The van der Waals surface area contributed by atoms with Gasteiger partial charge in [-0.05, 0) is 60.6 Å². The molecule has 21 heavy (non-hydrogen) atoms. The number of aromatic carboxylic acids is 1. The molecule has 5 nitrogen and oxygen atoms in total. The van der Waals surface area contributed by atoms with Crippen LogP contribution in [0.5, 0.6) is 5.75 Å². The normalized spacial score (nSPS) is 12.0. The number of ether oxygens (including phenoxy) is 1. The second-order valence-electron chi connectivity index (χ2n) is 4.73. The highest BCUT2D eigenvalue weighted by molar-refractivity contribution is 14.1. The molecule has 0 radical (unpaired) electrons. The van der Waals surface area contributed by atoms with Gasteiger partial charge in [-0.15, -0.1) is 0 Å². The van der Waals surface area contributed by atoms with Crippen LogP contribution in [-0.4, -0.2) is 29.1 Å². The van der Waals surface area contributed by atoms with Gasteiger partial charge in [0.2, 0.25) is 0 Å². The third-order valence-corrected chi connectivity index (χ3v) is 4.07. The third-order valence-electron chi connectivity index (χ3n) is 3.18. The molecular formula is C15H20INO4. The maximum atomic E-state index is 12.1. The van der Waals surface area contributed by atoms with Crippen molar-refractivity contribution in [3.8, 4) is 5.75 Å². The molecule has 0 aliphatic carbocycles. The van der Waals surface area contributed by atoms with Gasteiger partial charge in [0.15, 0.2) is 6.10 Å². The zero-order chi connectivity index (χ0) is 16.0. The van der Waals surface area contributed by atoms with E-state index in [2.05, 4.69) is 5.32 Å². The molecule has 0 fully saturated rings. The molecule has 1 amide bonds. The van der Waals surface area contributed by atoms with Crippen molar-refractivity contribution in [2.45, 2.75) is 45.8 Å². The predicted octanol–water partition coefficient (Wildman–Crippen LogP) is 3.06. The van der Waals surface area contributed by atoms with Gasteiger partial charge >= 0.3 is 5.97 Å². The van der Waals surface area contributed by atoms with Crippen LogP contribution in [0.3, 0.4) is 0 Å². The number of halogens is 1. The van der Waals surface area contributed by atoms with Gasteiger partial charge in [-0.3, -0.25) is 4.79 Å². The lowest BCUT2D eigenvalue weighted by molar-refractivity contribution is -0.128. The van der Waals surface area contributed by atoms with Gasteiger partial charge in [-0.2, -0.15) is 0 Å². The maximum Gasteiger partial charge on any atom is 0.335 e. The number of benzene rings is 1. The van der Waals surface area contributed by atoms with Crippen molar-refractivity contribution >= 4 is 34.5 Å². The number of carbonyl (C=O) groups excluding carboxylic acids is 1. The van der Waals surface area contributed by atoms with E-state index in [4.69, 9.17) is 9.84 Å². The summed E-state index contributed by atoms with van der Waals surface area (Å²) in [5.74, 6) is -0.812. The Balaban J connectivity index is 2.78. The van der Waals surface area contributed by atoms with Gasteiger partial charge in [0.25, 0.3) is 5.91 Å². The van der Waals surface area contributed by atoms with E-state index in [1.54, 1.807) is 13.0 Å². The van der Waals surface area contributed by atoms with Crippen LogP contribution in [-0.2, 0) is 4.79 Å². The van der Waals surface area contributed by atoms with Crippen molar-refractivity contribution in [2.75, 3.05) is 0 Å². The molecule has 0 aliphatic rings. The van der Waals surface area contributed by atoms with Crippen LogP contribution >= 0.6 is 22.6 Å². The minimum atomic E-state index is -1.02. The number of hydrogen-bond acceptors (Lipinski definition) is 3. The summed E-state index contributed by atoms with van der Waals surface area (Å²) in [4.78, 5) is 23.0. The molecule has 1 aromatic rings. The number of carboxylic acids is 1. The lowest BCUT2D eigenvalue weighted by atomic mass is 10.1. The number of nitrogens with one attached hydrogen (secondary N) is 1. The van der Waals surface area contributed by atoms with Crippen molar-refractivity contribution in [3.63, 3.8) is 0 Å². The fourth-order valence-electron chi connectivity index (χ4n) is 1.78. The van der Waals surface area contributed by atoms with E-state index in [0.717, 1.165) is 16.4 Å². The summed E-state index contributed by atoms with van der Waals surface area (Å²) in [6, 6.07) is 4.73. The second kappa shape index (κ2) is 8.21. The Kier molecular flexibility index (Phi) is 6.94. The van der Waals surface area contributed by atoms with Crippen molar-refractivity contribution in [1.29, 1.82) is 0 Å². The van der Waals surface area contributed by atoms with E-state index in [0.29, 0.717) is 5.75 Å². The summed E-state index contributed by atoms with van der Waals surface area (Å²) in [5.41, 5.74) is 0.137. The fourth-order valence-corrected chi connectivity index (χ4v) is 2.24. The highest BCUT2D eigenvalue weighted by atomic mass is 127. The van der Waals surface area contributed by atoms with Crippen LogP contribution in [0.15, 0.2) is 18.2 Å². The molecule has 0 spiro atoms. The van der Waals surface area contributed by atoms with Crippen molar-refractivity contribution in [3.05, 3.63) is 27.3 Å². The SMILES string of the molecule is CCC(CC)NC(=O)C(C)Oc1cc(C(=O)O)ccc1I. The second-order valence-corrected chi connectivity index (χ2v) is 5.89. The first-order valence-corrected chi connectivity index (χ1v) is 7.96. The Labute approximate surface area is 138 Å². The van der Waals surface area contributed by atoms with Crippen LogP contribution in [0.1, 0.15) is 44.0 Å². The zero-order valence-corrected chi connectivity index (χ0v) is 14.5. The predicted molar refractivity (Wildman–Crippen MR) is 88.7 cm³/mol. The Bertz CT molecular complexity index is 514. The van der Waals surface area contributed by atoms with E-state index in [9.17, 15) is 9.59 Å². The summed E-state index contributed by atoms with van der Waals surface area (Å²) in [5, 5.41) is 11.9. The van der Waals surface area contributed by atoms with Gasteiger partial charge in [-0.1, -0.05) is 13.8 Å². The van der Waals surface area contributed by atoms with Crippen molar-refractivity contribution in [1.82, 2.24) is 5.32 Å². The number of hydrogen-bond donors (Lipinski definition) is 2. The average molecular weight is 405 g/mol. The number of carboxylic acid groups (broad SMARTS) is 1. The Morgan fingerprint density at radius 3 is 2.48 bits per heavy atom. The fraction of sp³-hybridized carbons (Fsp3) is 0.467. The lowest BCUT2D eigenvalue weighted by Crippen LogP contribution is -2.42. The molecule has 0 heterocycles. The van der Waals surface area contributed by atoms with Gasteiger partial charge < -0.3 is 15.2 Å². The molecule has 6 heteroatoms. The molecule has 0 aromatic heterocycles. The van der Waals surface area contributed by atoms with Crippen LogP contribution < -0.4 is 10.1 Å². The van der Waals surface area contributed by atoms with Crippen LogP contribution in [0.25, 0.3) is 0 Å². The summed E-state index contributed by atoms with van der Waals surface area (Å²) >= 11 is 2.05. The minimum Gasteiger partial charge on any atom is -0.480 e. The van der Waals surface area contributed by atoms with Gasteiger partial charge in [-0.25, -0.2) is 4.79 Å². The number of rotatable bonds is 7. The van der Waals surface area contributed by atoms with E-state index in [1.165, 1.54) is 12.1 Å². The van der Waals surface area contributed by atoms with E-state index < -0.39 is 12.1 Å². The van der Waals surface area contributed by atoms with Crippen molar-refractivity contribution in [2.24, 2.45) is 0 Å². The molecule has 2 N–H and O–H groups in total. The lowest BCUT2D eigenvalue weighted by Gasteiger charge is -2.20. The first-order chi connectivity index (χ1) is 9.88. The molecule has 0 saturated heterocycles. The molecule has 1 atom stereocenters. The summed E-state index contributed by atoms with van der Waals surface area (Å²) in [7, 11) is 0. The summed E-state index contributed by atoms with van der Waals surface area (Å²) in [6.45, 7) is 5.68. The topological polar surface area (TPSA) is 75.6 Å². The van der Waals surface area contributed by atoms with Crippen LogP contribution in [0, 0.1) is 3.57 Å². The van der Waals surface area contributed by atoms with Gasteiger partial charge in [0, 0.05) is 6.04 Å². The Morgan fingerprint density at radius 1 is 1.33 bits per heavy atom. The minimum absolute atomic E-state index is 0.132. The Hall–Kier alpha value is -1.31. The molecule has 1 rings (SSSR count). The molecule has 1 unspecified atom stereocenters. The van der Waals surface area contributed by atoms with Crippen molar-refractivity contribution < 1.29 is 19.4 Å². The van der Waals surface area contributed by atoms with E-state index in [1.807, 2.05) is 36.4 Å². The largest absolute Gasteiger partial charge is 0.480 e. The number of amides is 1. The monoisotopic (exact) mass is 405 g/mol. The van der Waals surface area contributed by atoms with Crippen LogP contribution in [0.4, 0.5) is 0 Å². The van der Waals surface area contributed by atoms with E-state index in [-0.39, 0.29) is 17.5 Å². The van der Waals surface area contributed by atoms with Crippen LogP contribution in [0.2, 0.25) is 0 Å². The number of carbonyl (C=O) groups is 2. The Morgan fingerprint density at radius 2 is 1.95 bits per heavy atom. The molecule has 0 aliphatic heterocycles. The molecule has 116 valence electrons. The van der Waals surface area contributed by atoms with Gasteiger partial charge in [0.1, 0.15) is 5.75 Å². The first kappa shape index (κ1) is 17.7. The first-order valence-electron chi connectivity index (χ1n) is 6.88. The molecule has 0 saturated carbocycles. The molecule has 1 aromatic carbocycles. The summed E-state index contributed by atoms with van der Waals surface area (Å²) in [6.07, 6.45) is 1.05. The molecule has 0 bridgehead atoms.